The number of amides is 1. The number of H-pyrrole nitrogens is 1. The van der Waals surface area contributed by atoms with Gasteiger partial charge in [-0.3, -0.25) is 9.69 Å². The molecule has 7 nitrogen and oxygen atoms in total. The summed E-state index contributed by atoms with van der Waals surface area (Å²) in [7, 11) is 1.96. The van der Waals surface area contributed by atoms with Gasteiger partial charge in [0.15, 0.2) is 0 Å². The van der Waals surface area contributed by atoms with Gasteiger partial charge in [0, 0.05) is 48.4 Å². The van der Waals surface area contributed by atoms with Gasteiger partial charge in [-0.25, -0.2) is 8.78 Å². The zero-order valence-electron chi connectivity index (χ0n) is 23.8. The third kappa shape index (κ3) is 4.28. The number of piperidine rings is 1. The first-order valence-corrected chi connectivity index (χ1v) is 14.7. The summed E-state index contributed by atoms with van der Waals surface area (Å²) >= 11 is 0. The Morgan fingerprint density at radius 1 is 1.15 bits per heavy atom. The first kappa shape index (κ1) is 26.3. The number of hydrogen-bond acceptors (Lipinski definition) is 4. The fraction of sp³-hybridized carbons (Fsp3) is 0.469. The molecule has 1 N–H and O–H groups in total. The molecule has 0 radical (unpaired) electrons. The van der Waals surface area contributed by atoms with Gasteiger partial charge in [0.1, 0.15) is 12.2 Å². The zero-order valence-corrected chi connectivity index (χ0v) is 23.8. The quantitative estimate of drug-likeness (QED) is 0.300. The second-order valence-electron chi connectivity index (χ2n) is 12.7. The summed E-state index contributed by atoms with van der Waals surface area (Å²) in [4.78, 5) is 21.4. The Balaban J connectivity index is 1.29. The molecule has 1 amide bonds. The number of aryl methyl sites for hydroxylation is 1. The Morgan fingerprint density at radius 2 is 1.98 bits per heavy atom. The molecule has 1 atom stereocenters. The van der Waals surface area contributed by atoms with Gasteiger partial charge in [-0.05, 0) is 91.1 Å². The van der Waals surface area contributed by atoms with Crippen molar-refractivity contribution in [2.75, 3.05) is 18.0 Å². The van der Waals surface area contributed by atoms with E-state index in [4.69, 9.17) is 0 Å². The largest absolute Gasteiger partial charge is 0.361 e. The van der Waals surface area contributed by atoms with Crippen molar-refractivity contribution in [2.24, 2.45) is 18.9 Å². The Hall–Kier alpha value is -3.59. The van der Waals surface area contributed by atoms with Crippen LogP contribution in [-0.4, -0.2) is 43.6 Å². The van der Waals surface area contributed by atoms with Gasteiger partial charge >= 0.3 is 0 Å². The molecule has 214 valence electrons. The van der Waals surface area contributed by atoms with Crippen molar-refractivity contribution < 1.29 is 13.6 Å². The molecule has 0 spiro atoms. The van der Waals surface area contributed by atoms with E-state index < -0.39 is 6.43 Å². The second kappa shape index (κ2) is 9.76. The van der Waals surface area contributed by atoms with Crippen molar-refractivity contribution in [2.45, 2.75) is 64.5 Å². The lowest BCUT2D eigenvalue weighted by Crippen LogP contribution is -2.43. The van der Waals surface area contributed by atoms with E-state index in [0.717, 1.165) is 65.9 Å². The van der Waals surface area contributed by atoms with Crippen molar-refractivity contribution in [1.29, 1.82) is 0 Å². The van der Waals surface area contributed by atoms with E-state index in [1.54, 1.807) is 17.3 Å². The third-order valence-corrected chi connectivity index (χ3v) is 9.54. The molecule has 2 aromatic heterocycles. The number of likely N-dealkylation sites (tertiary alicyclic amines) is 1. The molecular weight excluding hydrogens is 522 g/mol. The SMILES string of the molecule is CC1CC(c2cc(N3Cc4c(cc(CN5CCC[C@H](C)C5)cc4C(F)F)C3=O)c3cc[nH]c3c2)(c2nncn2C)C1. The zero-order chi connectivity index (χ0) is 28.5. The van der Waals surface area contributed by atoms with Crippen molar-refractivity contribution in [3.05, 3.63) is 76.5 Å². The Morgan fingerprint density at radius 3 is 2.68 bits per heavy atom. The van der Waals surface area contributed by atoms with Crippen LogP contribution >= 0.6 is 0 Å². The summed E-state index contributed by atoms with van der Waals surface area (Å²) in [6.45, 7) is 7.08. The average molecular weight is 559 g/mol. The standard InChI is InChI=1S/C32H36F2N6O/c1-19-5-4-8-39(15-19)16-21-9-24(29(33)34)26-17-40(30(41)25(26)10-21)28-12-22(11-27-23(28)6-7-35-27)32(13-20(2)14-32)31-37-36-18-38(31)3/h6-7,9-12,18-20,29,35H,4-5,8,13-17H2,1-3H3/t19-,20?,32?/m0/s1. The topological polar surface area (TPSA) is 70.1 Å². The van der Waals surface area contributed by atoms with Crippen LogP contribution in [0.1, 0.15) is 84.4 Å². The highest BCUT2D eigenvalue weighted by Crippen LogP contribution is 2.53. The molecule has 2 aliphatic heterocycles. The number of rotatable bonds is 6. The highest BCUT2D eigenvalue weighted by molar-refractivity contribution is 6.14. The van der Waals surface area contributed by atoms with Crippen LogP contribution in [0.25, 0.3) is 10.9 Å². The minimum Gasteiger partial charge on any atom is -0.361 e. The van der Waals surface area contributed by atoms with Crippen LogP contribution in [0.3, 0.4) is 0 Å². The lowest BCUT2D eigenvalue weighted by Gasteiger charge is -2.46. The van der Waals surface area contributed by atoms with E-state index in [2.05, 4.69) is 46.1 Å². The van der Waals surface area contributed by atoms with E-state index in [0.29, 0.717) is 29.5 Å². The number of benzene rings is 2. The minimum absolute atomic E-state index is 0.0248. The first-order valence-electron chi connectivity index (χ1n) is 14.7. The van der Waals surface area contributed by atoms with Gasteiger partial charge in [0.05, 0.1) is 17.6 Å². The molecule has 4 heterocycles. The Bertz CT molecular complexity index is 1630. The normalized spacial score (nSPS) is 24.8. The number of anilines is 1. The molecule has 4 aromatic rings. The van der Waals surface area contributed by atoms with Gasteiger partial charge in [-0.2, -0.15) is 0 Å². The summed E-state index contributed by atoms with van der Waals surface area (Å²) in [5.74, 6) is 1.80. The summed E-state index contributed by atoms with van der Waals surface area (Å²) < 4.78 is 30.9. The molecule has 1 saturated carbocycles. The number of fused-ring (bicyclic) bond motifs is 2. The van der Waals surface area contributed by atoms with Crippen LogP contribution in [0.15, 0.2) is 42.9 Å². The van der Waals surface area contributed by atoms with Gasteiger partial charge in [-0.1, -0.05) is 13.8 Å². The summed E-state index contributed by atoms with van der Waals surface area (Å²) in [5, 5.41) is 9.55. The number of nitrogens with one attached hydrogen (secondary N) is 1. The number of alkyl halides is 2. The lowest BCUT2D eigenvalue weighted by atomic mass is 9.58. The number of carbonyl (C=O) groups excluding carboxylic acids is 1. The summed E-state index contributed by atoms with van der Waals surface area (Å²) in [6, 6.07) is 9.67. The maximum absolute atomic E-state index is 14.4. The fourth-order valence-electron chi connectivity index (χ4n) is 7.71. The number of carbonyl (C=O) groups is 1. The van der Waals surface area contributed by atoms with E-state index >= 15 is 0 Å². The number of nitrogens with zero attached hydrogens (tertiary/aromatic N) is 5. The lowest BCUT2D eigenvalue weighted by molar-refractivity contribution is 0.0996. The molecule has 0 bridgehead atoms. The predicted molar refractivity (Wildman–Crippen MR) is 154 cm³/mol. The number of halogens is 2. The smallest absolute Gasteiger partial charge is 0.264 e. The molecule has 1 saturated heterocycles. The summed E-state index contributed by atoms with van der Waals surface area (Å²) in [5.41, 5.74) is 4.00. The van der Waals surface area contributed by atoms with E-state index in [1.807, 2.05) is 29.9 Å². The fourth-order valence-corrected chi connectivity index (χ4v) is 7.71. The van der Waals surface area contributed by atoms with E-state index in [9.17, 15) is 13.6 Å². The van der Waals surface area contributed by atoms with E-state index in [1.165, 1.54) is 6.42 Å². The van der Waals surface area contributed by atoms with Gasteiger partial charge in [-0.15, -0.1) is 10.2 Å². The number of aromatic amines is 1. The van der Waals surface area contributed by atoms with Crippen LogP contribution < -0.4 is 4.90 Å². The molecule has 9 heteroatoms. The predicted octanol–water partition coefficient (Wildman–Crippen LogP) is 6.34. The molecule has 3 aliphatic rings. The van der Waals surface area contributed by atoms with Crippen molar-refractivity contribution in [3.63, 3.8) is 0 Å². The van der Waals surface area contributed by atoms with Crippen molar-refractivity contribution >= 4 is 22.5 Å². The van der Waals surface area contributed by atoms with Crippen LogP contribution in [0.5, 0.6) is 0 Å². The van der Waals surface area contributed by atoms with Crippen LogP contribution in [0.2, 0.25) is 0 Å². The van der Waals surface area contributed by atoms with E-state index in [-0.39, 0.29) is 23.4 Å². The van der Waals surface area contributed by atoms with Gasteiger partial charge < -0.3 is 14.5 Å². The Labute approximate surface area is 238 Å². The molecule has 2 fully saturated rings. The van der Waals surface area contributed by atoms with Crippen molar-refractivity contribution in [3.8, 4) is 0 Å². The third-order valence-electron chi connectivity index (χ3n) is 9.54. The number of hydrogen-bond donors (Lipinski definition) is 1. The van der Waals surface area contributed by atoms with Gasteiger partial charge in [0.25, 0.3) is 12.3 Å². The summed E-state index contributed by atoms with van der Waals surface area (Å²) in [6.07, 6.45) is 5.10. The Kier molecular flexibility index (Phi) is 6.26. The molecule has 2 aromatic carbocycles. The molecule has 7 rings (SSSR count). The monoisotopic (exact) mass is 558 g/mol. The van der Waals surface area contributed by atoms with Crippen LogP contribution in [-0.2, 0) is 25.6 Å². The molecule has 0 unspecified atom stereocenters. The molecular formula is C32H36F2N6O. The maximum Gasteiger partial charge on any atom is 0.264 e. The van der Waals surface area contributed by atoms with Crippen molar-refractivity contribution in [1.82, 2.24) is 24.6 Å². The average Bonchev–Trinajstić information content (AvgIpc) is 3.65. The number of aromatic nitrogens is 4. The maximum atomic E-state index is 14.4. The second-order valence-corrected chi connectivity index (χ2v) is 12.7. The van der Waals surface area contributed by atoms with Gasteiger partial charge in [0.2, 0.25) is 0 Å². The van der Waals surface area contributed by atoms with Crippen LogP contribution in [0.4, 0.5) is 14.5 Å². The molecule has 1 aliphatic carbocycles. The first-order chi connectivity index (χ1) is 19.7. The van der Waals surface area contributed by atoms with Crippen LogP contribution in [0, 0.1) is 11.8 Å². The molecule has 41 heavy (non-hydrogen) atoms. The highest BCUT2D eigenvalue weighted by Gasteiger charge is 2.49. The highest BCUT2D eigenvalue weighted by atomic mass is 19.3. The minimum atomic E-state index is -2.65.